The van der Waals surface area contributed by atoms with Gasteiger partial charge in [0, 0.05) is 18.7 Å². The summed E-state index contributed by atoms with van der Waals surface area (Å²) in [7, 11) is 0. The van der Waals surface area contributed by atoms with E-state index in [2.05, 4.69) is 5.32 Å². The Balaban J connectivity index is 1.56. The van der Waals surface area contributed by atoms with Gasteiger partial charge in [-0.15, -0.1) is 0 Å². The molecule has 2 heterocycles. The first-order valence-electron chi connectivity index (χ1n) is 10.4. The summed E-state index contributed by atoms with van der Waals surface area (Å²) in [5.74, 6) is -0.971. The number of halogens is 1. The van der Waals surface area contributed by atoms with Crippen molar-refractivity contribution in [2.24, 2.45) is 0 Å². The smallest absolute Gasteiger partial charge is 0.256 e. The molecule has 2 aromatic carbocycles. The fraction of sp³-hybridized carbons (Fsp3) is 0.348. The van der Waals surface area contributed by atoms with Crippen molar-refractivity contribution in [2.45, 2.75) is 32.4 Å². The number of para-hydroxylation sites is 1. The molecule has 0 aliphatic carbocycles. The molecule has 0 bridgehead atoms. The predicted octanol–water partition coefficient (Wildman–Crippen LogP) is 2.49. The van der Waals surface area contributed by atoms with E-state index in [9.17, 15) is 18.8 Å². The number of nitrogens with one attached hydrogen (secondary N) is 1. The van der Waals surface area contributed by atoms with Gasteiger partial charge in [0.15, 0.2) is 0 Å². The van der Waals surface area contributed by atoms with Gasteiger partial charge in [-0.2, -0.15) is 0 Å². The Morgan fingerprint density at radius 2 is 2.03 bits per heavy atom. The molecule has 0 saturated carbocycles. The summed E-state index contributed by atoms with van der Waals surface area (Å²) in [5.41, 5.74) is 1.17. The zero-order valence-electron chi connectivity index (χ0n) is 17.3. The van der Waals surface area contributed by atoms with E-state index < -0.39 is 17.8 Å². The number of fused-ring (bicyclic) bond motifs is 2. The fourth-order valence-electron chi connectivity index (χ4n) is 4.13. The van der Waals surface area contributed by atoms with E-state index in [1.54, 1.807) is 0 Å². The number of hydrogen-bond donors (Lipinski definition) is 1. The summed E-state index contributed by atoms with van der Waals surface area (Å²) in [5, 5.41) is 2.80. The maximum Gasteiger partial charge on any atom is 0.256 e. The zero-order valence-corrected chi connectivity index (χ0v) is 17.3. The van der Waals surface area contributed by atoms with Crippen LogP contribution in [0.5, 0.6) is 5.75 Å². The lowest BCUT2D eigenvalue weighted by atomic mass is 10.1. The number of hydrogen-bond acceptors (Lipinski definition) is 4. The summed E-state index contributed by atoms with van der Waals surface area (Å²) in [6.45, 7) is 2.78. The predicted molar refractivity (Wildman–Crippen MR) is 112 cm³/mol. The average molecular weight is 425 g/mol. The third kappa shape index (κ3) is 4.10. The van der Waals surface area contributed by atoms with Crippen molar-refractivity contribution in [1.29, 1.82) is 0 Å². The van der Waals surface area contributed by atoms with Crippen molar-refractivity contribution in [3.8, 4) is 5.75 Å². The van der Waals surface area contributed by atoms with Gasteiger partial charge in [-0.3, -0.25) is 14.4 Å². The van der Waals surface area contributed by atoms with Crippen molar-refractivity contribution in [1.82, 2.24) is 10.2 Å². The van der Waals surface area contributed by atoms with Crippen molar-refractivity contribution in [2.75, 3.05) is 24.6 Å². The molecule has 1 unspecified atom stereocenters. The fourth-order valence-corrected chi connectivity index (χ4v) is 4.13. The molecular formula is C23H24FN3O4. The van der Waals surface area contributed by atoms with E-state index in [0.717, 1.165) is 11.6 Å². The summed E-state index contributed by atoms with van der Waals surface area (Å²) in [4.78, 5) is 41.6. The van der Waals surface area contributed by atoms with Crippen LogP contribution in [0.1, 0.15) is 35.7 Å². The first-order valence-corrected chi connectivity index (χ1v) is 10.4. The molecule has 1 atom stereocenters. The van der Waals surface area contributed by atoms with Crippen LogP contribution in [-0.2, 0) is 16.1 Å². The second-order valence-electron chi connectivity index (χ2n) is 7.56. The van der Waals surface area contributed by atoms with Gasteiger partial charge in [0.25, 0.3) is 5.91 Å². The molecule has 31 heavy (non-hydrogen) atoms. The molecule has 1 fully saturated rings. The Labute approximate surface area is 179 Å². The number of rotatable bonds is 6. The zero-order chi connectivity index (χ0) is 22.0. The van der Waals surface area contributed by atoms with Crippen LogP contribution in [0.25, 0.3) is 0 Å². The molecule has 2 aromatic rings. The van der Waals surface area contributed by atoms with Crippen LogP contribution < -0.4 is 15.0 Å². The summed E-state index contributed by atoms with van der Waals surface area (Å²) in [6.07, 6.45) is 1.24. The van der Waals surface area contributed by atoms with Gasteiger partial charge >= 0.3 is 0 Å². The highest BCUT2D eigenvalue weighted by Gasteiger charge is 2.42. The van der Waals surface area contributed by atoms with Crippen LogP contribution in [0, 0.1) is 5.82 Å². The first kappa shape index (κ1) is 20.8. The van der Waals surface area contributed by atoms with Gasteiger partial charge in [0.1, 0.15) is 24.2 Å². The largest absolute Gasteiger partial charge is 0.494 e. The third-order valence-electron chi connectivity index (χ3n) is 5.60. The minimum Gasteiger partial charge on any atom is -0.494 e. The Morgan fingerprint density at radius 1 is 1.23 bits per heavy atom. The quantitative estimate of drug-likeness (QED) is 0.771. The van der Waals surface area contributed by atoms with E-state index in [4.69, 9.17) is 4.74 Å². The second-order valence-corrected chi connectivity index (χ2v) is 7.56. The molecule has 0 aromatic heterocycles. The molecule has 0 radical (unpaired) electrons. The van der Waals surface area contributed by atoms with Crippen LogP contribution in [-0.4, -0.2) is 48.4 Å². The van der Waals surface area contributed by atoms with Gasteiger partial charge < -0.3 is 19.9 Å². The van der Waals surface area contributed by atoms with Gasteiger partial charge in [0.2, 0.25) is 11.8 Å². The maximum atomic E-state index is 14.0. The minimum atomic E-state index is -0.630. The van der Waals surface area contributed by atoms with E-state index >= 15 is 0 Å². The van der Waals surface area contributed by atoms with Gasteiger partial charge in [0.05, 0.1) is 17.9 Å². The number of ether oxygens (including phenoxy) is 1. The third-order valence-corrected chi connectivity index (χ3v) is 5.60. The first-order chi connectivity index (χ1) is 15.0. The highest BCUT2D eigenvalue weighted by molar-refractivity contribution is 6.12. The topological polar surface area (TPSA) is 79.0 Å². The number of carbonyl (C=O) groups is 3. The lowest BCUT2D eigenvalue weighted by molar-refractivity contribution is -0.125. The van der Waals surface area contributed by atoms with Crippen LogP contribution in [0.15, 0.2) is 42.5 Å². The molecule has 2 aliphatic rings. The van der Waals surface area contributed by atoms with Crippen molar-refractivity contribution >= 4 is 23.4 Å². The Hall–Kier alpha value is -3.42. The van der Waals surface area contributed by atoms with Crippen molar-refractivity contribution in [3.05, 3.63) is 59.4 Å². The molecular weight excluding hydrogens is 401 g/mol. The monoisotopic (exact) mass is 425 g/mol. The van der Waals surface area contributed by atoms with Crippen LogP contribution >= 0.6 is 0 Å². The van der Waals surface area contributed by atoms with Crippen LogP contribution in [0.2, 0.25) is 0 Å². The van der Waals surface area contributed by atoms with Crippen molar-refractivity contribution < 1.29 is 23.5 Å². The standard InChI is InChI=1S/C23H24FN3O4/c1-2-31-20-8-4-3-6-15(20)13-25-21(28)14-27-19-12-16(24)9-10-17(19)22(29)26-11-5-7-18(26)23(27)30/h3-4,6,8-10,12,18H,2,5,7,11,13-14H2,1H3,(H,25,28). The minimum absolute atomic E-state index is 0.134. The molecule has 162 valence electrons. The van der Waals surface area contributed by atoms with Crippen molar-refractivity contribution in [3.63, 3.8) is 0 Å². The summed E-state index contributed by atoms with van der Waals surface area (Å²) in [6, 6.07) is 10.5. The molecule has 2 aliphatic heterocycles. The lowest BCUT2D eigenvalue weighted by Gasteiger charge is -2.25. The lowest BCUT2D eigenvalue weighted by Crippen LogP contribution is -2.48. The van der Waals surface area contributed by atoms with E-state index in [1.165, 1.54) is 21.9 Å². The molecule has 1 N–H and O–H groups in total. The molecule has 7 nitrogen and oxygen atoms in total. The molecule has 0 spiro atoms. The maximum absolute atomic E-state index is 14.0. The van der Waals surface area contributed by atoms with E-state index in [-0.39, 0.29) is 36.2 Å². The second kappa shape index (κ2) is 8.75. The molecule has 4 rings (SSSR count). The highest BCUT2D eigenvalue weighted by atomic mass is 19.1. The van der Waals surface area contributed by atoms with Gasteiger partial charge in [-0.25, -0.2) is 4.39 Å². The summed E-state index contributed by atoms with van der Waals surface area (Å²) < 4.78 is 19.6. The van der Waals surface area contributed by atoms with Gasteiger partial charge in [-0.1, -0.05) is 18.2 Å². The van der Waals surface area contributed by atoms with Crippen LogP contribution in [0.4, 0.5) is 10.1 Å². The van der Waals surface area contributed by atoms with E-state index in [1.807, 2.05) is 31.2 Å². The average Bonchev–Trinajstić information content (AvgIpc) is 3.23. The van der Waals surface area contributed by atoms with Crippen LogP contribution in [0.3, 0.4) is 0 Å². The molecule has 1 saturated heterocycles. The number of nitrogens with zero attached hydrogens (tertiary/aromatic N) is 2. The Morgan fingerprint density at radius 3 is 2.84 bits per heavy atom. The number of carbonyl (C=O) groups excluding carboxylic acids is 3. The molecule has 8 heteroatoms. The number of benzene rings is 2. The number of anilines is 1. The van der Waals surface area contributed by atoms with E-state index in [0.29, 0.717) is 31.7 Å². The van der Waals surface area contributed by atoms with Gasteiger partial charge in [-0.05, 0) is 44.0 Å². The molecule has 3 amide bonds. The SMILES string of the molecule is CCOc1ccccc1CNC(=O)CN1C(=O)C2CCCN2C(=O)c2ccc(F)cc21. The number of amides is 3. The summed E-state index contributed by atoms with van der Waals surface area (Å²) >= 11 is 0. The Kier molecular flexibility index (Phi) is 5.88. The Bertz CT molecular complexity index is 1030. The normalized spacial score (nSPS) is 17.8. The highest BCUT2D eigenvalue weighted by Crippen LogP contribution is 2.32.